The third-order valence-corrected chi connectivity index (χ3v) is 7.86. The SMILES string of the molecule is Cc1cnc(Cl)nc1-c1ccc(N(Cc2cccc(OCCCCN3CCCCC3)c2)C(=O)c2ccc(O)cc2O)cc1. The van der Waals surface area contributed by atoms with Crippen molar-refractivity contribution in [2.45, 2.75) is 45.6 Å². The third kappa shape index (κ3) is 8.03. The first-order valence-corrected chi connectivity index (χ1v) is 15.1. The van der Waals surface area contributed by atoms with Crippen LogP contribution in [0, 0.1) is 6.92 Å². The number of halogens is 1. The van der Waals surface area contributed by atoms with Gasteiger partial charge in [-0.25, -0.2) is 9.97 Å². The number of ether oxygens (including phenoxy) is 1. The number of phenolic OH excluding ortho intramolecular Hbond substituents is 2. The van der Waals surface area contributed by atoms with Gasteiger partial charge in [0.15, 0.2) is 0 Å². The second-order valence-corrected chi connectivity index (χ2v) is 11.3. The number of aryl methyl sites for hydroxylation is 1. The quantitative estimate of drug-likeness (QED) is 0.141. The highest BCUT2D eigenvalue weighted by Gasteiger charge is 2.22. The van der Waals surface area contributed by atoms with Crippen LogP contribution in [0.3, 0.4) is 0 Å². The number of hydrogen-bond acceptors (Lipinski definition) is 7. The van der Waals surface area contributed by atoms with Gasteiger partial charge in [-0.1, -0.05) is 30.7 Å². The van der Waals surface area contributed by atoms with Crippen LogP contribution in [0.2, 0.25) is 5.28 Å². The maximum atomic E-state index is 13.8. The predicted molar refractivity (Wildman–Crippen MR) is 169 cm³/mol. The highest BCUT2D eigenvalue weighted by atomic mass is 35.5. The highest BCUT2D eigenvalue weighted by molar-refractivity contribution is 6.28. The van der Waals surface area contributed by atoms with Crippen molar-refractivity contribution in [1.29, 1.82) is 0 Å². The van der Waals surface area contributed by atoms with E-state index in [0.29, 0.717) is 18.0 Å². The summed E-state index contributed by atoms with van der Waals surface area (Å²) in [4.78, 5) is 26.3. The average molecular weight is 601 g/mol. The van der Waals surface area contributed by atoms with E-state index >= 15 is 0 Å². The molecule has 0 radical (unpaired) electrons. The van der Waals surface area contributed by atoms with Gasteiger partial charge in [0.2, 0.25) is 5.28 Å². The molecule has 4 aromatic rings. The van der Waals surface area contributed by atoms with Gasteiger partial charge >= 0.3 is 0 Å². The zero-order valence-electron chi connectivity index (χ0n) is 24.4. The van der Waals surface area contributed by atoms with E-state index in [1.54, 1.807) is 11.1 Å². The number of carbonyl (C=O) groups excluding carboxylic acids is 1. The average Bonchev–Trinajstić information content (AvgIpc) is 3.01. The van der Waals surface area contributed by atoms with Crippen LogP contribution in [0.5, 0.6) is 17.2 Å². The lowest BCUT2D eigenvalue weighted by Gasteiger charge is -2.26. The van der Waals surface area contributed by atoms with Crippen molar-refractivity contribution in [3.63, 3.8) is 0 Å². The summed E-state index contributed by atoms with van der Waals surface area (Å²) in [5.41, 5.74) is 4.01. The number of carbonyl (C=O) groups is 1. The van der Waals surface area contributed by atoms with E-state index in [0.717, 1.165) is 47.9 Å². The first kappa shape index (κ1) is 30.3. The summed E-state index contributed by atoms with van der Waals surface area (Å²) < 4.78 is 6.07. The highest BCUT2D eigenvalue weighted by Crippen LogP contribution is 2.30. The number of piperidine rings is 1. The Kier molecular flexibility index (Phi) is 10.1. The number of unbranched alkanes of at least 4 members (excludes halogenated alkanes) is 1. The second kappa shape index (κ2) is 14.4. The molecule has 0 atom stereocenters. The van der Waals surface area contributed by atoms with E-state index in [9.17, 15) is 15.0 Å². The van der Waals surface area contributed by atoms with Gasteiger partial charge in [-0.2, -0.15) is 0 Å². The molecule has 9 heteroatoms. The summed E-state index contributed by atoms with van der Waals surface area (Å²) in [5, 5.41) is 20.4. The molecule has 224 valence electrons. The van der Waals surface area contributed by atoms with Crippen LogP contribution in [0.25, 0.3) is 11.3 Å². The van der Waals surface area contributed by atoms with Crippen molar-refractivity contribution in [2.24, 2.45) is 0 Å². The fraction of sp³-hybridized carbons (Fsp3) is 0.324. The van der Waals surface area contributed by atoms with Crippen molar-refractivity contribution in [2.75, 3.05) is 31.1 Å². The second-order valence-electron chi connectivity index (χ2n) is 10.9. The molecule has 43 heavy (non-hydrogen) atoms. The summed E-state index contributed by atoms with van der Waals surface area (Å²) in [7, 11) is 0. The molecule has 3 aromatic carbocycles. The molecule has 0 aliphatic carbocycles. The Bertz CT molecular complexity index is 1540. The molecule has 1 aromatic heterocycles. The lowest BCUT2D eigenvalue weighted by molar-refractivity contribution is 0.0982. The molecule has 1 saturated heterocycles. The molecule has 1 aliphatic heterocycles. The maximum Gasteiger partial charge on any atom is 0.262 e. The largest absolute Gasteiger partial charge is 0.508 e. The lowest BCUT2D eigenvalue weighted by Crippen LogP contribution is -2.30. The van der Waals surface area contributed by atoms with E-state index in [4.69, 9.17) is 16.3 Å². The van der Waals surface area contributed by atoms with Crippen LogP contribution in [-0.4, -0.2) is 57.2 Å². The van der Waals surface area contributed by atoms with E-state index in [1.165, 1.54) is 44.5 Å². The van der Waals surface area contributed by atoms with Crippen LogP contribution in [0.4, 0.5) is 5.69 Å². The van der Waals surface area contributed by atoms with Gasteiger partial charge in [0.1, 0.15) is 17.2 Å². The predicted octanol–water partition coefficient (Wildman–Crippen LogP) is 7.01. The minimum Gasteiger partial charge on any atom is -0.508 e. The minimum absolute atomic E-state index is 0.0846. The van der Waals surface area contributed by atoms with Gasteiger partial charge in [0.05, 0.1) is 24.4 Å². The molecule has 0 bridgehead atoms. The van der Waals surface area contributed by atoms with Gasteiger partial charge < -0.3 is 24.7 Å². The van der Waals surface area contributed by atoms with E-state index in [1.807, 2.05) is 55.5 Å². The Morgan fingerprint density at radius 2 is 1.79 bits per heavy atom. The Morgan fingerprint density at radius 3 is 2.56 bits per heavy atom. The smallest absolute Gasteiger partial charge is 0.262 e. The summed E-state index contributed by atoms with van der Waals surface area (Å²) >= 11 is 6.04. The molecular formula is C34H37ClN4O4. The van der Waals surface area contributed by atoms with E-state index < -0.39 is 5.91 Å². The Morgan fingerprint density at radius 1 is 1.00 bits per heavy atom. The molecule has 5 rings (SSSR count). The Hall–Kier alpha value is -4.14. The van der Waals surface area contributed by atoms with E-state index in [2.05, 4.69) is 14.9 Å². The first-order chi connectivity index (χ1) is 20.9. The number of nitrogens with zero attached hydrogens (tertiary/aromatic N) is 4. The fourth-order valence-corrected chi connectivity index (χ4v) is 5.50. The molecular weight excluding hydrogens is 564 g/mol. The molecule has 1 fully saturated rings. The molecule has 0 unspecified atom stereocenters. The van der Waals surface area contributed by atoms with Crippen molar-refractivity contribution in [3.05, 3.63) is 94.9 Å². The number of hydrogen-bond donors (Lipinski definition) is 2. The third-order valence-electron chi connectivity index (χ3n) is 7.68. The number of rotatable bonds is 11. The molecule has 2 N–H and O–H groups in total. The molecule has 0 saturated carbocycles. The summed E-state index contributed by atoms with van der Waals surface area (Å²) in [5.74, 6) is -0.0681. The van der Waals surface area contributed by atoms with Gasteiger partial charge in [-0.15, -0.1) is 0 Å². The van der Waals surface area contributed by atoms with E-state index in [-0.39, 0.29) is 28.9 Å². The van der Waals surface area contributed by atoms with Crippen LogP contribution >= 0.6 is 11.6 Å². The number of benzene rings is 3. The number of amides is 1. The number of likely N-dealkylation sites (tertiary alicyclic amines) is 1. The monoisotopic (exact) mass is 600 g/mol. The molecule has 8 nitrogen and oxygen atoms in total. The van der Waals surface area contributed by atoms with Crippen LogP contribution in [0.15, 0.2) is 72.9 Å². The van der Waals surface area contributed by atoms with Crippen LogP contribution in [0.1, 0.15) is 53.6 Å². The van der Waals surface area contributed by atoms with Crippen molar-refractivity contribution < 1.29 is 19.7 Å². The topological polar surface area (TPSA) is 99.0 Å². The minimum atomic E-state index is -0.407. The zero-order chi connectivity index (χ0) is 30.2. The zero-order valence-corrected chi connectivity index (χ0v) is 25.1. The van der Waals surface area contributed by atoms with Crippen molar-refractivity contribution >= 4 is 23.2 Å². The van der Waals surface area contributed by atoms with Gasteiger partial charge in [-0.3, -0.25) is 4.79 Å². The Balaban J connectivity index is 1.32. The summed E-state index contributed by atoms with van der Waals surface area (Å²) in [6.45, 7) is 6.31. The molecule has 1 aliphatic rings. The maximum absolute atomic E-state index is 13.8. The molecule has 2 heterocycles. The number of aromatic nitrogens is 2. The van der Waals surface area contributed by atoms with Gasteiger partial charge in [0, 0.05) is 23.5 Å². The number of anilines is 1. The van der Waals surface area contributed by atoms with Crippen LogP contribution in [-0.2, 0) is 6.54 Å². The fourth-order valence-electron chi connectivity index (χ4n) is 5.37. The molecule has 1 amide bonds. The summed E-state index contributed by atoms with van der Waals surface area (Å²) in [6, 6.07) is 19.1. The van der Waals surface area contributed by atoms with Gasteiger partial charge in [-0.05, 0) is 111 Å². The first-order valence-electron chi connectivity index (χ1n) is 14.7. The van der Waals surface area contributed by atoms with Gasteiger partial charge in [0.25, 0.3) is 5.91 Å². The normalized spacial score (nSPS) is 13.5. The molecule has 0 spiro atoms. The lowest BCUT2D eigenvalue weighted by atomic mass is 10.1. The number of aromatic hydroxyl groups is 2. The number of phenols is 2. The Labute approximate surface area is 257 Å². The summed E-state index contributed by atoms with van der Waals surface area (Å²) in [6.07, 6.45) is 7.71. The van der Waals surface area contributed by atoms with Crippen molar-refractivity contribution in [1.82, 2.24) is 14.9 Å². The van der Waals surface area contributed by atoms with Crippen molar-refractivity contribution in [3.8, 4) is 28.5 Å². The standard InChI is InChI=1S/C34H37ClN4O4/c1-24-22-36-34(35)37-32(24)26-10-12-27(13-11-26)39(33(42)30-15-14-28(40)21-31(30)41)23-25-8-7-9-29(20-25)43-19-6-5-18-38-16-3-2-4-17-38/h7-15,20-22,40-41H,2-6,16-19,23H2,1H3. The van der Waals surface area contributed by atoms with Crippen LogP contribution < -0.4 is 9.64 Å².